The van der Waals surface area contributed by atoms with Gasteiger partial charge in [0, 0.05) is 7.05 Å². The van der Waals surface area contributed by atoms with Gasteiger partial charge in [0.15, 0.2) is 0 Å². The number of aromatic nitrogens is 1. The first-order chi connectivity index (χ1) is 11.2. The molecule has 0 bridgehead atoms. The van der Waals surface area contributed by atoms with E-state index in [2.05, 4.69) is 59.1 Å². The van der Waals surface area contributed by atoms with Gasteiger partial charge in [-0.1, -0.05) is 42.4 Å². The standard InChI is InChI=1S/C19H23N3S/c1-19-11-6-5-7-14(19)13-15(10-12-19)20-21-18-22(2)16-8-3-4-9-17(16)23-18/h3-4,8-9,13H,5-7,10-12H2,1-2H3/b20-15+,21-18-/t19-/m0/s1. The van der Waals surface area contributed by atoms with E-state index in [0.29, 0.717) is 5.41 Å². The molecule has 0 spiro atoms. The molecule has 1 aromatic carbocycles. The maximum Gasteiger partial charge on any atom is 0.211 e. The highest BCUT2D eigenvalue weighted by Crippen LogP contribution is 2.46. The van der Waals surface area contributed by atoms with Gasteiger partial charge in [0.1, 0.15) is 0 Å². The summed E-state index contributed by atoms with van der Waals surface area (Å²) in [5.41, 5.74) is 4.40. The smallest absolute Gasteiger partial charge is 0.211 e. The number of benzene rings is 1. The molecule has 4 rings (SSSR count). The van der Waals surface area contributed by atoms with Crippen molar-refractivity contribution in [3.05, 3.63) is 40.7 Å². The van der Waals surface area contributed by atoms with E-state index in [-0.39, 0.29) is 0 Å². The average Bonchev–Trinajstić information content (AvgIpc) is 2.89. The van der Waals surface area contributed by atoms with Crippen LogP contribution in [0.1, 0.15) is 45.4 Å². The molecule has 1 aromatic heterocycles. The van der Waals surface area contributed by atoms with Crippen molar-refractivity contribution in [3.8, 4) is 0 Å². The third-order valence-corrected chi connectivity index (χ3v) is 6.56. The first-order valence-corrected chi connectivity index (χ1v) is 9.34. The summed E-state index contributed by atoms with van der Waals surface area (Å²) in [6.07, 6.45) is 9.91. The van der Waals surface area contributed by atoms with Crippen LogP contribution in [-0.2, 0) is 7.05 Å². The Kier molecular flexibility index (Phi) is 3.72. The van der Waals surface area contributed by atoms with Crippen LogP contribution in [-0.4, -0.2) is 10.3 Å². The van der Waals surface area contributed by atoms with Crippen LogP contribution < -0.4 is 4.80 Å². The maximum atomic E-state index is 4.59. The minimum absolute atomic E-state index is 0.430. The topological polar surface area (TPSA) is 29.6 Å². The highest BCUT2D eigenvalue weighted by Gasteiger charge is 2.34. The first-order valence-electron chi connectivity index (χ1n) is 8.52. The molecule has 0 saturated heterocycles. The summed E-state index contributed by atoms with van der Waals surface area (Å²) in [6, 6.07) is 8.42. The molecular weight excluding hydrogens is 302 g/mol. The second-order valence-electron chi connectivity index (χ2n) is 7.04. The van der Waals surface area contributed by atoms with Crippen molar-refractivity contribution in [3.63, 3.8) is 0 Å². The number of hydrogen-bond donors (Lipinski definition) is 0. The van der Waals surface area contributed by atoms with Crippen LogP contribution in [0, 0.1) is 5.41 Å². The Bertz CT molecular complexity index is 868. The summed E-state index contributed by atoms with van der Waals surface area (Å²) in [4.78, 5) is 0.967. The summed E-state index contributed by atoms with van der Waals surface area (Å²) < 4.78 is 3.39. The number of fused-ring (bicyclic) bond motifs is 2. The Balaban J connectivity index is 1.70. The minimum Gasteiger partial charge on any atom is -0.318 e. The molecule has 2 aliphatic carbocycles. The van der Waals surface area contributed by atoms with E-state index in [1.807, 2.05) is 0 Å². The number of aryl methyl sites for hydroxylation is 1. The molecule has 0 radical (unpaired) electrons. The lowest BCUT2D eigenvalue weighted by Crippen LogP contribution is -2.28. The zero-order chi connectivity index (χ0) is 15.9. The van der Waals surface area contributed by atoms with Gasteiger partial charge < -0.3 is 4.57 Å². The Morgan fingerprint density at radius 2 is 1.96 bits per heavy atom. The minimum atomic E-state index is 0.430. The fourth-order valence-electron chi connectivity index (χ4n) is 3.87. The van der Waals surface area contributed by atoms with E-state index < -0.39 is 0 Å². The zero-order valence-corrected chi connectivity index (χ0v) is 14.7. The fraction of sp³-hybridized carbons (Fsp3) is 0.474. The van der Waals surface area contributed by atoms with Gasteiger partial charge in [-0.05, 0) is 55.7 Å². The SMILES string of the molecule is Cn1/c(=N/N=C2/C=C3CCCC[C@@]3(C)CC2)sc2ccccc21. The van der Waals surface area contributed by atoms with E-state index in [1.54, 1.807) is 16.9 Å². The summed E-state index contributed by atoms with van der Waals surface area (Å²) in [5, 5.41) is 9.14. The van der Waals surface area contributed by atoms with Crippen molar-refractivity contribution >= 4 is 27.3 Å². The number of allylic oxidation sites excluding steroid dienone is 2. The number of para-hydroxylation sites is 1. The summed E-state index contributed by atoms with van der Waals surface area (Å²) >= 11 is 1.70. The number of rotatable bonds is 1. The van der Waals surface area contributed by atoms with Gasteiger partial charge in [-0.3, -0.25) is 0 Å². The monoisotopic (exact) mass is 325 g/mol. The molecule has 1 saturated carbocycles. The normalized spacial score (nSPS) is 27.3. The summed E-state index contributed by atoms with van der Waals surface area (Å²) in [5.74, 6) is 0. The quantitative estimate of drug-likeness (QED) is 0.674. The van der Waals surface area contributed by atoms with Crippen molar-refractivity contribution in [1.29, 1.82) is 0 Å². The predicted octanol–water partition coefficient (Wildman–Crippen LogP) is 4.80. The highest BCUT2D eigenvalue weighted by atomic mass is 32.1. The van der Waals surface area contributed by atoms with Crippen LogP contribution in [0.4, 0.5) is 0 Å². The van der Waals surface area contributed by atoms with Crippen LogP contribution in [0.5, 0.6) is 0 Å². The molecule has 4 heteroatoms. The van der Waals surface area contributed by atoms with Gasteiger partial charge in [0.25, 0.3) is 0 Å². The molecule has 0 N–H and O–H groups in total. The van der Waals surface area contributed by atoms with Crippen LogP contribution in [0.25, 0.3) is 10.2 Å². The molecule has 120 valence electrons. The molecule has 1 atom stereocenters. The van der Waals surface area contributed by atoms with E-state index in [9.17, 15) is 0 Å². The van der Waals surface area contributed by atoms with Gasteiger partial charge in [-0.15, -0.1) is 5.10 Å². The number of hydrogen-bond acceptors (Lipinski definition) is 3. The fourth-order valence-corrected chi connectivity index (χ4v) is 4.84. The predicted molar refractivity (Wildman–Crippen MR) is 97.7 cm³/mol. The van der Waals surface area contributed by atoms with Gasteiger partial charge in [-0.25, -0.2) is 0 Å². The van der Waals surface area contributed by atoms with Crippen molar-refractivity contribution < 1.29 is 0 Å². The summed E-state index contributed by atoms with van der Waals surface area (Å²) in [6.45, 7) is 2.43. The lowest BCUT2D eigenvalue weighted by molar-refractivity contribution is 0.281. The molecule has 2 aliphatic rings. The van der Waals surface area contributed by atoms with Gasteiger partial charge in [0.2, 0.25) is 4.80 Å². The number of thiazole rings is 1. The molecule has 3 nitrogen and oxygen atoms in total. The molecule has 1 heterocycles. The van der Waals surface area contributed by atoms with E-state index in [1.165, 1.54) is 42.3 Å². The van der Waals surface area contributed by atoms with Gasteiger partial charge >= 0.3 is 0 Å². The lowest BCUT2D eigenvalue weighted by atomic mass is 9.66. The van der Waals surface area contributed by atoms with Crippen molar-refractivity contribution in [2.75, 3.05) is 0 Å². The first kappa shape index (κ1) is 14.9. The van der Waals surface area contributed by atoms with Gasteiger partial charge in [-0.2, -0.15) is 5.10 Å². The maximum absolute atomic E-state index is 4.59. The zero-order valence-electron chi connectivity index (χ0n) is 13.9. The molecule has 23 heavy (non-hydrogen) atoms. The lowest BCUT2D eigenvalue weighted by Gasteiger charge is -2.39. The van der Waals surface area contributed by atoms with E-state index in [4.69, 9.17) is 0 Å². The van der Waals surface area contributed by atoms with Crippen molar-refractivity contribution in [2.24, 2.45) is 22.7 Å². The second kappa shape index (κ2) is 5.75. The van der Waals surface area contributed by atoms with Crippen molar-refractivity contribution in [2.45, 2.75) is 45.4 Å². The highest BCUT2D eigenvalue weighted by molar-refractivity contribution is 7.16. The molecule has 0 unspecified atom stereocenters. The van der Waals surface area contributed by atoms with Crippen LogP contribution in [0.2, 0.25) is 0 Å². The Morgan fingerprint density at radius 1 is 1.09 bits per heavy atom. The van der Waals surface area contributed by atoms with Crippen LogP contribution >= 0.6 is 11.3 Å². The number of nitrogens with zero attached hydrogens (tertiary/aromatic N) is 3. The van der Waals surface area contributed by atoms with Crippen LogP contribution in [0.3, 0.4) is 0 Å². The molecule has 0 aliphatic heterocycles. The van der Waals surface area contributed by atoms with Gasteiger partial charge in [0.05, 0.1) is 15.9 Å². The molecule has 0 amide bonds. The van der Waals surface area contributed by atoms with Crippen molar-refractivity contribution in [1.82, 2.24) is 4.57 Å². The summed E-state index contributed by atoms with van der Waals surface area (Å²) in [7, 11) is 2.06. The Morgan fingerprint density at radius 3 is 2.83 bits per heavy atom. The van der Waals surface area contributed by atoms with E-state index in [0.717, 1.165) is 16.9 Å². The largest absolute Gasteiger partial charge is 0.318 e. The second-order valence-corrected chi connectivity index (χ2v) is 8.05. The molecule has 1 fully saturated rings. The molecule has 2 aromatic rings. The van der Waals surface area contributed by atoms with Crippen LogP contribution in [0.15, 0.2) is 46.1 Å². The van der Waals surface area contributed by atoms with E-state index >= 15 is 0 Å². The Hall–Kier alpha value is -1.68. The Labute approximate surface area is 141 Å². The third-order valence-electron chi connectivity index (χ3n) is 5.45. The third kappa shape index (κ3) is 2.69. The molecular formula is C19H23N3S. The average molecular weight is 325 g/mol.